The Morgan fingerprint density at radius 2 is 1.87 bits per heavy atom. The van der Waals surface area contributed by atoms with E-state index in [1.165, 1.54) is 0 Å². The van der Waals surface area contributed by atoms with Gasteiger partial charge in [-0.1, -0.05) is 35.4 Å². The summed E-state index contributed by atoms with van der Waals surface area (Å²) in [6.07, 6.45) is 0.324. The second-order valence-electron chi connectivity index (χ2n) is 6.42. The van der Waals surface area contributed by atoms with E-state index in [2.05, 4.69) is 31.0 Å². The van der Waals surface area contributed by atoms with Crippen LogP contribution in [0.2, 0.25) is 0 Å². The van der Waals surface area contributed by atoms with Crippen LogP contribution in [-0.4, -0.2) is 49.5 Å². The molecule has 10 heteroatoms. The molecule has 30 heavy (non-hydrogen) atoms. The second-order valence-corrected chi connectivity index (χ2v) is 6.42. The molecule has 4 aromatic rings. The van der Waals surface area contributed by atoms with E-state index in [-0.39, 0.29) is 25.0 Å². The maximum Gasteiger partial charge on any atom is 0.414 e. The Morgan fingerprint density at radius 1 is 1.07 bits per heavy atom. The zero-order valence-corrected chi connectivity index (χ0v) is 16.2. The number of benzene rings is 2. The fourth-order valence-corrected chi connectivity index (χ4v) is 2.77. The number of hydrogen-bond donors (Lipinski definition) is 1. The lowest BCUT2D eigenvalue weighted by atomic mass is 10.1. The summed E-state index contributed by atoms with van der Waals surface area (Å²) in [7, 11) is 0. The lowest BCUT2D eigenvalue weighted by Crippen LogP contribution is -2.29. The Balaban J connectivity index is 1.21. The van der Waals surface area contributed by atoms with Crippen LogP contribution in [0.1, 0.15) is 11.4 Å². The van der Waals surface area contributed by atoms with Crippen LogP contribution in [0.3, 0.4) is 0 Å². The fourth-order valence-electron chi connectivity index (χ4n) is 2.77. The number of ether oxygens (including phenoxy) is 1. The van der Waals surface area contributed by atoms with Crippen molar-refractivity contribution in [1.29, 1.82) is 0 Å². The van der Waals surface area contributed by atoms with Crippen LogP contribution in [0.4, 0.5) is 0 Å². The molecule has 4 rings (SSSR count). The molecule has 0 spiro atoms. The topological polar surface area (TPSA) is 121 Å². The number of nitrogens with zero attached hydrogens (tertiary/aromatic N) is 6. The molecule has 0 aliphatic carbocycles. The van der Waals surface area contributed by atoms with Crippen LogP contribution >= 0.6 is 0 Å². The lowest BCUT2D eigenvalue weighted by Gasteiger charge is -2.06. The average Bonchev–Trinajstić information content (AvgIpc) is 3.42. The van der Waals surface area contributed by atoms with Gasteiger partial charge in [-0.15, -0.1) is 10.2 Å². The molecule has 10 nitrogen and oxygen atoms in total. The zero-order chi connectivity index (χ0) is 20.8. The van der Waals surface area contributed by atoms with Crippen molar-refractivity contribution in [2.45, 2.75) is 13.3 Å². The maximum atomic E-state index is 12.1. The Kier molecular flexibility index (Phi) is 5.74. The van der Waals surface area contributed by atoms with Crippen molar-refractivity contribution in [2.24, 2.45) is 0 Å². The van der Waals surface area contributed by atoms with Crippen molar-refractivity contribution in [3.05, 3.63) is 66.0 Å². The first-order valence-corrected chi connectivity index (χ1v) is 9.32. The molecular formula is C20H19N7O3. The quantitative estimate of drug-likeness (QED) is 0.440. The number of aromatic nitrogens is 6. The van der Waals surface area contributed by atoms with Gasteiger partial charge in [0.25, 0.3) is 5.89 Å². The molecule has 0 aliphatic rings. The third-order valence-corrected chi connectivity index (χ3v) is 4.25. The van der Waals surface area contributed by atoms with E-state index < -0.39 is 0 Å². The second kappa shape index (κ2) is 8.95. The van der Waals surface area contributed by atoms with Crippen molar-refractivity contribution < 1.29 is 13.9 Å². The number of hydrogen-bond acceptors (Lipinski definition) is 8. The zero-order valence-electron chi connectivity index (χ0n) is 16.2. The van der Waals surface area contributed by atoms with E-state index in [0.717, 1.165) is 16.8 Å². The van der Waals surface area contributed by atoms with Gasteiger partial charge in [-0.3, -0.25) is 4.79 Å². The van der Waals surface area contributed by atoms with Gasteiger partial charge in [-0.05, 0) is 47.2 Å². The van der Waals surface area contributed by atoms with E-state index in [9.17, 15) is 4.79 Å². The Hall–Kier alpha value is -4.08. The highest BCUT2D eigenvalue weighted by Gasteiger charge is 2.10. The van der Waals surface area contributed by atoms with Crippen molar-refractivity contribution in [2.75, 3.05) is 13.2 Å². The molecule has 1 amide bonds. The summed E-state index contributed by atoms with van der Waals surface area (Å²) in [4.78, 5) is 12.1. The normalized spacial score (nSPS) is 10.7. The van der Waals surface area contributed by atoms with Crippen molar-refractivity contribution in [3.8, 4) is 23.2 Å². The highest BCUT2D eigenvalue weighted by Crippen LogP contribution is 2.20. The third kappa shape index (κ3) is 4.66. The van der Waals surface area contributed by atoms with Crippen LogP contribution < -0.4 is 10.1 Å². The van der Waals surface area contributed by atoms with Gasteiger partial charge >= 0.3 is 6.08 Å². The molecular weight excluding hydrogens is 386 g/mol. The first-order valence-electron chi connectivity index (χ1n) is 9.32. The van der Waals surface area contributed by atoms with Crippen molar-refractivity contribution in [3.63, 3.8) is 0 Å². The molecule has 0 unspecified atom stereocenters. The van der Waals surface area contributed by atoms with Crippen molar-refractivity contribution >= 4 is 5.91 Å². The molecule has 2 heterocycles. The van der Waals surface area contributed by atoms with Gasteiger partial charge in [0.15, 0.2) is 5.82 Å². The number of tetrazole rings is 1. The summed E-state index contributed by atoms with van der Waals surface area (Å²) in [5, 5.41) is 22.0. The van der Waals surface area contributed by atoms with Gasteiger partial charge in [-0.2, -0.15) is 4.68 Å². The number of aryl methyl sites for hydroxylation is 1. The summed E-state index contributed by atoms with van der Waals surface area (Å²) >= 11 is 0. The number of nitrogens with one attached hydrogen (secondary N) is 1. The molecule has 0 bridgehead atoms. The molecule has 0 saturated carbocycles. The predicted octanol–water partition coefficient (Wildman–Crippen LogP) is 1.76. The number of carbonyl (C=O) groups excluding carboxylic acids is 1. The standard InChI is InChI=1S/C20H19N7O3/c1-14-22-25-26-27(14)17-9-7-15(8-10-17)13-18(28)21-11-12-29-20-24-23-19(30-20)16-5-3-2-4-6-16/h2-10H,11-13H2,1H3,(H,21,28). The first kappa shape index (κ1) is 19.2. The molecule has 0 radical (unpaired) electrons. The fraction of sp³-hybridized carbons (Fsp3) is 0.200. The van der Waals surface area contributed by atoms with Crippen LogP contribution in [-0.2, 0) is 11.2 Å². The highest BCUT2D eigenvalue weighted by atomic mass is 16.6. The number of amides is 1. The Bertz CT molecular complexity index is 1110. The van der Waals surface area contributed by atoms with E-state index in [4.69, 9.17) is 9.15 Å². The van der Waals surface area contributed by atoms with Crippen LogP contribution in [0.5, 0.6) is 6.08 Å². The molecule has 2 aromatic heterocycles. The summed E-state index contributed by atoms with van der Waals surface area (Å²) in [5.74, 6) is 0.966. The summed E-state index contributed by atoms with van der Waals surface area (Å²) in [6, 6.07) is 16.9. The van der Waals surface area contributed by atoms with Gasteiger partial charge < -0.3 is 14.5 Å². The van der Waals surface area contributed by atoms with E-state index in [0.29, 0.717) is 18.3 Å². The molecule has 1 N–H and O–H groups in total. The summed E-state index contributed by atoms with van der Waals surface area (Å²) in [5.41, 5.74) is 2.53. The summed E-state index contributed by atoms with van der Waals surface area (Å²) in [6.45, 7) is 2.36. The van der Waals surface area contributed by atoms with Crippen LogP contribution in [0.15, 0.2) is 59.0 Å². The first-order chi connectivity index (χ1) is 14.7. The number of carbonyl (C=O) groups is 1. The van der Waals surface area contributed by atoms with Crippen LogP contribution in [0, 0.1) is 6.92 Å². The Labute approximate surface area is 171 Å². The summed E-state index contributed by atoms with van der Waals surface area (Å²) < 4.78 is 12.5. The molecule has 0 saturated heterocycles. The van der Waals surface area contributed by atoms with Gasteiger partial charge in [0.2, 0.25) is 5.91 Å². The van der Waals surface area contributed by atoms with Gasteiger partial charge in [0.05, 0.1) is 18.7 Å². The molecule has 0 aliphatic heterocycles. The molecule has 0 atom stereocenters. The van der Waals surface area contributed by atoms with E-state index >= 15 is 0 Å². The van der Waals surface area contributed by atoms with E-state index in [1.54, 1.807) is 4.68 Å². The average molecular weight is 405 g/mol. The minimum atomic E-state index is -0.111. The van der Waals surface area contributed by atoms with Gasteiger partial charge in [0, 0.05) is 5.56 Å². The smallest absolute Gasteiger partial charge is 0.414 e. The molecule has 0 fully saturated rings. The van der Waals surface area contributed by atoms with Gasteiger partial charge in [0.1, 0.15) is 6.61 Å². The number of rotatable bonds is 8. The predicted molar refractivity (Wildman–Crippen MR) is 106 cm³/mol. The van der Waals surface area contributed by atoms with Gasteiger partial charge in [-0.25, -0.2) is 0 Å². The Morgan fingerprint density at radius 3 is 2.60 bits per heavy atom. The lowest BCUT2D eigenvalue weighted by molar-refractivity contribution is -0.120. The van der Waals surface area contributed by atoms with Crippen molar-refractivity contribution in [1.82, 2.24) is 35.7 Å². The molecule has 152 valence electrons. The minimum absolute atomic E-state index is 0.0663. The largest absolute Gasteiger partial charge is 0.447 e. The van der Waals surface area contributed by atoms with E-state index in [1.807, 2.05) is 61.5 Å². The van der Waals surface area contributed by atoms with Crippen LogP contribution in [0.25, 0.3) is 17.1 Å². The maximum absolute atomic E-state index is 12.1. The minimum Gasteiger partial charge on any atom is -0.447 e. The monoisotopic (exact) mass is 405 g/mol. The molecule has 2 aromatic carbocycles. The third-order valence-electron chi connectivity index (χ3n) is 4.25. The SMILES string of the molecule is Cc1nnnn1-c1ccc(CC(=O)NCCOc2nnc(-c3ccccc3)o2)cc1. The highest BCUT2D eigenvalue weighted by molar-refractivity contribution is 5.78.